The lowest BCUT2D eigenvalue weighted by atomic mass is 9.94. The zero-order valence-electron chi connectivity index (χ0n) is 22.0. The number of aryl methyl sites for hydroxylation is 1. The van der Waals surface area contributed by atoms with Crippen molar-refractivity contribution in [1.29, 1.82) is 0 Å². The first kappa shape index (κ1) is 28.7. The molecule has 0 heterocycles. The molecule has 0 aromatic heterocycles. The SMILES string of the molecule is COc1cc(CC(C)(C)NC[C@@H](O)CO[C@H](C)c2ccccc2-c2ccc(C(=O)O)c(C)c2)ccc1Cl. The molecule has 0 saturated carbocycles. The molecule has 37 heavy (non-hydrogen) atoms. The molecule has 3 aromatic carbocycles. The van der Waals surface area contributed by atoms with E-state index in [1.165, 1.54) is 0 Å². The number of hydrogen-bond acceptors (Lipinski definition) is 5. The van der Waals surface area contributed by atoms with Gasteiger partial charge in [-0.25, -0.2) is 4.79 Å². The summed E-state index contributed by atoms with van der Waals surface area (Å²) in [6.45, 7) is 8.46. The van der Waals surface area contributed by atoms with Gasteiger partial charge in [-0.15, -0.1) is 0 Å². The molecule has 6 nitrogen and oxygen atoms in total. The number of aliphatic hydroxyl groups excluding tert-OH is 1. The fraction of sp³-hybridized carbons (Fsp3) is 0.367. The first-order chi connectivity index (χ1) is 17.5. The second kappa shape index (κ2) is 12.6. The van der Waals surface area contributed by atoms with Gasteiger partial charge in [0.2, 0.25) is 0 Å². The summed E-state index contributed by atoms with van der Waals surface area (Å²) in [6.07, 6.45) is -0.219. The lowest BCUT2D eigenvalue weighted by Gasteiger charge is -2.28. The third kappa shape index (κ3) is 7.79. The number of aliphatic hydroxyl groups is 1. The van der Waals surface area contributed by atoms with Crippen LogP contribution in [0.2, 0.25) is 5.02 Å². The normalized spacial score (nSPS) is 13.3. The molecule has 0 saturated heterocycles. The van der Waals surface area contributed by atoms with Crippen LogP contribution in [0.1, 0.15) is 53.9 Å². The van der Waals surface area contributed by atoms with Crippen LogP contribution < -0.4 is 10.1 Å². The van der Waals surface area contributed by atoms with E-state index in [4.69, 9.17) is 21.1 Å². The standard InChI is InChI=1S/C30H36ClNO5/c1-19-14-22(11-12-24(19)29(34)35)26-9-7-6-8-25(26)20(2)37-18-23(33)17-32-30(3,4)16-21-10-13-27(31)28(15-21)36-5/h6-15,20,23,32-33H,16-18H2,1-5H3,(H,34,35)/t20-,23-/m1/s1. The number of ether oxygens (including phenoxy) is 2. The highest BCUT2D eigenvalue weighted by atomic mass is 35.5. The van der Waals surface area contributed by atoms with Gasteiger partial charge in [-0.1, -0.05) is 54.1 Å². The molecule has 0 radical (unpaired) electrons. The van der Waals surface area contributed by atoms with Gasteiger partial charge in [-0.05, 0) is 80.1 Å². The zero-order chi connectivity index (χ0) is 27.2. The number of carboxylic acid groups (broad SMARTS) is 1. The first-order valence-corrected chi connectivity index (χ1v) is 12.7. The maximum absolute atomic E-state index is 11.4. The Morgan fingerprint density at radius 2 is 1.84 bits per heavy atom. The number of hydrogen-bond donors (Lipinski definition) is 3. The molecule has 3 N–H and O–H groups in total. The molecule has 0 aliphatic heterocycles. The van der Waals surface area contributed by atoms with Crippen LogP contribution in [0.15, 0.2) is 60.7 Å². The van der Waals surface area contributed by atoms with Gasteiger partial charge in [0.05, 0.1) is 36.5 Å². The third-order valence-corrected chi connectivity index (χ3v) is 6.70. The monoisotopic (exact) mass is 525 g/mol. The smallest absolute Gasteiger partial charge is 0.335 e. The average Bonchev–Trinajstić information content (AvgIpc) is 2.86. The van der Waals surface area contributed by atoms with Crippen LogP contribution in [0, 0.1) is 6.92 Å². The number of benzene rings is 3. The summed E-state index contributed by atoms with van der Waals surface area (Å²) in [4.78, 5) is 11.4. The number of aromatic carboxylic acids is 1. The van der Waals surface area contributed by atoms with Gasteiger partial charge in [0.15, 0.2) is 0 Å². The van der Waals surface area contributed by atoms with Crippen LogP contribution in [0.3, 0.4) is 0 Å². The van der Waals surface area contributed by atoms with Crippen molar-refractivity contribution in [2.24, 2.45) is 0 Å². The summed E-state index contributed by atoms with van der Waals surface area (Å²) in [5.74, 6) is -0.293. The first-order valence-electron chi connectivity index (χ1n) is 12.3. The summed E-state index contributed by atoms with van der Waals surface area (Å²) in [5, 5.41) is 24.0. The molecule has 0 bridgehead atoms. The highest BCUT2D eigenvalue weighted by Crippen LogP contribution is 2.31. The second-order valence-electron chi connectivity index (χ2n) is 9.96. The minimum absolute atomic E-state index is 0.171. The predicted molar refractivity (Wildman–Crippen MR) is 148 cm³/mol. The number of halogens is 1. The minimum Gasteiger partial charge on any atom is -0.495 e. The maximum atomic E-state index is 11.4. The van der Waals surface area contributed by atoms with Gasteiger partial charge in [0.25, 0.3) is 0 Å². The average molecular weight is 526 g/mol. The van der Waals surface area contributed by atoms with E-state index < -0.39 is 12.1 Å². The quantitative estimate of drug-likeness (QED) is 0.266. The predicted octanol–water partition coefficient (Wildman–Crippen LogP) is 6.07. The Labute approximate surface area is 224 Å². The van der Waals surface area contributed by atoms with Crippen molar-refractivity contribution in [3.8, 4) is 16.9 Å². The summed E-state index contributed by atoms with van der Waals surface area (Å²) < 4.78 is 11.4. The van der Waals surface area contributed by atoms with Crippen LogP contribution in [-0.2, 0) is 11.2 Å². The highest BCUT2D eigenvalue weighted by Gasteiger charge is 2.21. The number of rotatable bonds is 12. The third-order valence-electron chi connectivity index (χ3n) is 6.38. The van der Waals surface area contributed by atoms with Crippen LogP contribution in [-0.4, -0.2) is 48.1 Å². The largest absolute Gasteiger partial charge is 0.495 e. The van der Waals surface area contributed by atoms with E-state index in [-0.39, 0.29) is 18.2 Å². The van der Waals surface area contributed by atoms with E-state index in [1.807, 2.05) is 61.5 Å². The van der Waals surface area contributed by atoms with Crippen molar-refractivity contribution < 1.29 is 24.5 Å². The fourth-order valence-electron chi connectivity index (χ4n) is 4.37. The Hall–Kier alpha value is -2.90. The van der Waals surface area contributed by atoms with Gasteiger partial charge < -0.3 is 25.0 Å². The van der Waals surface area contributed by atoms with E-state index in [1.54, 1.807) is 20.1 Å². The highest BCUT2D eigenvalue weighted by molar-refractivity contribution is 6.32. The molecular weight excluding hydrogens is 490 g/mol. The topological polar surface area (TPSA) is 88.0 Å². The van der Waals surface area contributed by atoms with Crippen LogP contribution in [0.4, 0.5) is 0 Å². The molecule has 0 fully saturated rings. The van der Waals surface area contributed by atoms with Gasteiger partial charge in [0, 0.05) is 12.1 Å². The number of methoxy groups -OCH3 is 1. The molecule has 0 spiro atoms. The molecular formula is C30H36ClNO5. The van der Waals surface area contributed by atoms with Crippen molar-refractivity contribution >= 4 is 17.6 Å². The van der Waals surface area contributed by atoms with Crippen molar-refractivity contribution in [3.63, 3.8) is 0 Å². The Morgan fingerprint density at radius 3 is 2.51 bits per heavy atom. The van der Waals surface area contributed by atoms with E-state index in [2.05, 4.69) is 19.2 Å². The summed E-state index contributed by atoms with van der Waals surface area (Å²) in [6, 6.07) is 19.0. The van der Waals surface area contributed by atoms with Crippen molar-refractivity contribution in [2.45, 2.75) is 51.9 Å². The number of carbonyl (C=O) groups is 1. The van der Waals surface area contributed by atoms with Crippen molar-refractivity contribution in [3.05, 3.63) is 87.9 Å². The minimum atomic E-state index is -0.937. The lowest BCUT2D eigenvalue weighted by molar-refractivity contribution is -0.00397. The molecule has 0 aliphatic carbocycles. The van der Waals surface area contributed by atoms with E-state index >= 15 is 0 Å². The summed E-state index contributed by atoms with van der Waals surface area (Å²) >= 11 is 6.13. The van der Waals surface area contributed by atoms with E-state index in [0.717, 1.165) is 28.7 Å². The molecule has 3 rings (SSSR count). The number of nitrogens with one attached hydrogen (secondary N) is 1. The fourth-order valence-corrected chi connectivity index (χ4v) is 4.57. The summed E-state index contributed by atoms with van der Waals surface area (Å²) in [5.41, 5.74) is 4.69. The number of carboxylic acids is 1. The van der Waals surface area contributed by atoms with Crippen LogP contribution >= 0.6 is 11.6 Å². The second-order valence-corrected chi connectivity index (χ2v) is 10.4. The Balaban J connectivity index is 1.59. The Kier molecular flexibility index (Phi) is 9.74. The zero-order valence-corrected chi connectivity index (χ0v) is 22.8. The summed E-state index contributed by atoms with van der Waals surface area (Å²) in [7, 11) is 1.60. The molecule has 2 atom stereocenters. The maximum Gasteiger partial charge on any atom is 0.335 e. The number of β-amino-alcohol motifs (C(OH)–C–C–N with tert-alkyl or cyclic N) is 1. The lowest BCUT2D eigenvalue weighted by Crippen LogP contribution is -2.46. The van der Waals surface area contributed by atoms with E-state index in [9.17, 15) is 15.0 Å². The Morgan fingerprint density at radius 1 is 1.11 bits per heavy atom. The van der Waals surface area contributed by atoms with Gasteiger partial charge in [0.1, 0.15) is 5.75 Å². The Bertz CT molecular complexity index is 1230. The van der Waals surface area contributed by atoms with Gasteiger partial charge in [-0.2, -0.15) is 0 Å². The van der Waals surface area contributed by atoms with Gasteiger partial charge >= 0.3 is 5.97 Å². The molecule has 0 amide bonds. The van der Waals surface area contributed by atoms with E-state index in [0.29, 0.717) is 28.4 Å². The van der Waals surface area contributed by atoms with Crippen LogP contribution in [0.5, 0.6) is 5.75 Å². The molecule has 198 valence electrons. The molecule has 0 unspecified atom stereocenters. The molecule has 0 aliphatic rings. The van der Waals surface area contributed by atoms with Crippen molar-refractivity contribution in [2.75, 3.05) is 20.3 Å². The van der Waals surface area contributed by atoms with Gasteiger partial charge in [-0.3, -0.25) is 0 Å². The van der Waals surface area contributed by atoms with Crippen molar-refractivity contribution in [1.82, 2.24) is 5.32 Å². The molecule has 3 aromatic rings. The molecule has 7 heteroatoms. The van der Waals surface area contributed by atoms with Crippen LogP contribution in [0.25, 0.3) is 11.1 Å².